The molecular weight excluding hydrogens is 258 g/mol. The molecule has 1 amide bonds. The van der Waals surface area contributed by atoms with Crippen molar-refractivity contribution in [3.05, 3.63) is 29.3 Å². The second-order valence-electron chi connectivity index (χ2n) is 6.39. The lowest BCUT2D eigenvalue weighted by atomic mass is 9.83. The minimum Gasteiger partial charge on any atom is -0.325 e. The Labute approximate surface area is 120 Å². The highest BCUT2D eigenvalue weighted by atomic mass is 35.5. The number of alkyl halides is 1. The summed E-state index contributed by atoms with van der Waals surface area (Å²) in [7, 11) is 0. The fourth-order valence-electron chi connectivity index (χ4n) is 2.40. The van der Waals surface area contributed by atoms with Crippen molar-refractivity contribution in [2.45, 2.75) is 45.4 Å². The largest absolute Gasteiger partial charge is 0.325 e. The van der Waals surface area contributed by atoms with E-state index in [2.05, 4.69) is 32.2 Å². The summed E-state index contributed by atoms with van der Waals surface area (Å²) in [4.78, 5) is 11.9. The van der Waals surface area contributed by atoms with Gasteiger partial charge in [-0.15, -0.1) is 11.6 Å². The van der Waals surface area contributed by atoms with Crippen molar-refractivity contribution in [2.75, 3.05) is 5.32 Å². The fourth-order valence-corrected chi connectivity index (χ4v) is 2.83. The summed E-state index contributed by atoms with van der Waals surface area (Å²) in [5.74, 6) is 0.985. The van der Waals surface area contributed by atoms with Crippen LogP contribution in [0.3, 0.4) is 0 Å². The zero-order valence-corrected chi connectivity index (χ0v) is 13.0. The first-order valence-electron chi connectivity index (χ1n) is 6.85. The number of benzene rings is 1. The van der Waals surface area contributed by atoms with Gasteiger partial charge in [-0.2, -0.15) is 0 Å². The number of fused-ring (bicyclic) bond motifs is 1. The molecule has 0 fully saturated rings. The van der Waals surface area contributed by atoms with Crippen LogP contribution < -0.4 is 5.32 Å². The highest BCUT2D eigenvalue weighted by molar-refractivity contribution is 6.21. The molecule has 1 aliphatic heterocycles. The first-order chi connectivity index (χ1) is 8.75. The second-order valence-corrected chi connectivity index (χ2v) is 6.86. The van der Waals surface area contributed by atoms with E-state index in [9.17, 15) is 4.79 Å². The van der Waals surface area contributed by atoms with E-state index in [-0.39, 0.29) is 11.3 Å². The van der Waals surface area contributed by atoms with E-state index in [1.807, 2.05) is 26.0 Å². The van der Waals surface area contributed by atoms with Crippen LogP contribution in [0.15, 0.2) is 18.2 Å². The predicted molar refractivity (Wildman–Crippen MR) is 80.7 cm³/mol. The van der Waals surface area contributed by atoms with Crippen LogP contribution in [0.1, 0.15) is 51.1 Å². The van der Waals surface area contributed by atoms with Gasteiger partial charge < -0.3 is 5.32 Å². The van der Waals surface area contributed by atoms with Gasteiger partial charge in [0, 0.05) is 5.69 Å². The number of anilines is 1. The van der Waals surface area contributed by atoms with Crippen LogP contribution in [-0.4, -0.2) is 5.91 Å². The molecule has 1 aliphatic rings. The van der Waals surface area contributed by atoms with E-state index in [1.165, 1.54) is 0 Å². The Morgan fingerprint density at radius 1 is 1.21 bits per heavy atom. The van der Waals surface area contributed by atoms with E-state index in [0.29, 0.717) is 11.8 Å². The summed E-state index contributed by atoms with van der Waals surface area (Å²) in [6, 6.07) is 6.08. The molecule has 19 heavy (non-hydrogen) atoms. The first kappa shape index (κ1) is 14.4. The molecule has 1 aromatic rings. The molecule has 104 valence electrons. The normalized spacial score (nSPS) is 20.1. The van der Waals surface area contributed by atoms with E-state index < -0.39 is 5.41 Å². The van der Waals surface area contributed by atoms with Gasteiger partial charge >= 0.3 is 0 Å². The molecule has 1 heterocycles. The van der Waals surface area contributed by atoms with Crippen molar-refractivity contribution in [3.63, 3.8) is 0 Å². The minimum absolute atomic E-state index is 0.0168. The second kappa shape index (κ2) is 4.82. The SMILES string of the molecule is CC(C)C(C)C(Cl)c1ccc2c(c1)C(C)(C)C(=O)N2. The van der Waals surface area contributed by atoms with Crippen molar-refractivity contribution >= 4 is 23.2 Å². The smallest absolute Gasteiger partial charge is 0.234 e. The summed E-state index contributed by atoms with van der Waals surface area (Å²) < 4.78 is 0. The van der Waals surface area contributed by atoms with E-state index in [0.717, 1.165) is 16.8 Å². The molecule has 2 rings (SSSR count). The standard InChI is InChI=1S/C16H22ClNO/c1-9(2)10(3)14(17)11-6-7-13-12(8-11)16(4,5)15(19)18-13/h6-10,14H,1-5H3,(H,18,19). The summed E-state index contributed by atoms with van der Waals surface area (Å²) in [5.41, 5.74) is 2.60. The van der Waals surface area contributed by atoms with Gasteiger partial charge in [-0.05, 0) is 42.9 Å². The molecule has 1 N–H and O–H groups in total. The van der Waals surface area contributed by atoms with Crippen LogP contribution in [0.5, 0.6) is 0 Å². The van der Waals surface area contributed by atoms with E-state index in [1.54, 1.807) is 0 Å². The van der Waals surface area contributed by atoms with Crippen LogP contribution in [0.25, 0.3) is 0 Å². The van der Waals surface area contributed by atoms with Gasteiger partial charge in [0.2, 0.25) is 5.91 Å². The van der Waals surface area contributed by atoms with Crippen molar-refractivity contribution in [2.24, 2.45) is 11.8 Å². The maximum Gasteiger partial charge on any atom is 0.234 e. The zero-order chi connectivity index (χ0) is 14.4. The molecule has 0 saturated carbocycles. The molecule has 0 aromatic heterocycles. The topological polar surface area (TPSA) is 29.1 Å². The Balaban J connectivity index is 2.38. The Morgan fingerprint density at radius 2 is 1.84 bits per heavy atom. The third kappa shape index (κ3) is 2.38. The van der Waals surface area contributed by atoms with Gasteiger partial charge in [0.05, 0.1) is 10.8 Å². The molecule has 0 saturated heterocycles. The molecule has 0 bridgehead atoms. The van der Waals surface area contributed by atoms with Crippen LogP contribution in [0.2, 0.25) is 0 Å². The lowest BCUT2D eigenvalue weighted by Crippen LogP contribution is -2.27. The molecule has 2 unspecified atom stereocenters. The van der Waals surface area contributed by atoms with Crippen molar-refractivity contribution in [1.82, 2.24) is 0 Å². The molecule has 2 nitrogen and oxygen atoms in total. The number of rotatable bonds is 3. The summed E-state index contributed by atoms with van der Waals surface area (Å²) in [6.07, 6.45) is 0. The van der Waals surface area contributed by atoms with Gasteiger partial charge in [-0.3, -0.25) is 4.79 Å². The van der Waals surface area contributed by atoms with Gasteiger partial charge in [0.15, 0.2) is 0 Å². The highest BCUT2D eigenvalue weighted by Crippen LogP contribution is 2.41. The number of hydrogen-bond donors (Lipinski definition) is 1. The van der Waals surface area contributed by atoms with Crippen molar-refractivity contribution in [3.8, 4) is 0 Å². The molecular formula is C16H22ClNO. The Hall–Kier alpha value is -1.02. The maximum atomic E-state index is 11.9. The third-order valence-corrected chi connectivity index (χ3v) is 5.01. The quantitative estimate of drug-likeness (QED) is 0.812. The van der Waals surface area contributed by atoms with Crippen LogP contribution in [0.4, 0.5) is 5.69 Å². The summed E-state index contributed by atoms with van der Waals surface area (Å²) in [5, 5.41) is 2.91. The number of nitrogens with one attached hydrogen (secondary N) is 1. The highest BCUT2D eigenvalue weighted by Gasteiger charge is 2.38. The number of carbonyl (C=O) groups excluding carboxylic acids is 1. The number of amides is 1. The molecule has 0 aliphatic carbocycles. The summed E-state index contributed by atoms with van der Waals surface area (Å²) >= 11 is 6.58. The van der Waals surface area contributed by atoms with E-state index >= 15 is 0 Å². The number of carbonyl (C=O) groups is 1. The third-order valence-electron chi connectivity index (χ3n) is 4.36. The monoisotopic (exact) mass is 279 g/mol. The minimum atomic E-state index is -0.469. The molecule has 0 spiro atoms. The van der Waals surface area contributed by atoms with Gasteiger partial charge in [-0.25, -0.2) is 0 Å². The van der Waals surface area contributed by atoms with Crippen molar-refractivity contribution < 1.29 is 4.79 Å². The predicted octanol–water partition coefficient (Wildman–Crippen LogP) is 4.49. The van der Waals surface area contributed by atoms with Gasteiger partial charge in [0.1, 0.15) is 0 Å². The average molecular weight is 280 g/mol. The Kier molecular flexibility index (Phi) is 3.65. The average Bonchev–Trinajstić information content (AvgIpc) is 2.58. The van der Waals surface area contributed by atoms with Gasteiger partial charge in [-0.1, -0.05) is 32.9 Å². The number of hydrogen-bond acceptors (Lipinski definition) is 1. The van der Waals surface area contributed by atoms with Crippen LogP contribution >= 0.6 is 11.6 Å². The van der Waals surface area contributed by atoms with Gasteiger partial charge in [0.25, 0.3) is 0 Å². The molecule has 0 radical (unpaired) electrons. The first-order valence-corrected chi connectivity index (χ1v) is 7.28. The maximum absolute atomic E-state index is 11.9. The summed E-state index contributed by atoms with van der Waals surface area (Å²) in [6.45, 7) is 10.4. The number of halogens is 1. The Bertz CT molecular complexity index is 507. The molecule has 3 heteroatoms. The molecule has 2 atom stereocenters. The zero-order valence-electron chi connectivity index (χ0n) is 12.3. The van der Waals surface area contributed by atoms with E-state index in [4.69, 9.17) is 11.6 Å². The van der Waals surface area contributed by atoms with Crippen molar-refractivity contribution in [1.29, 1.82) is 0 Å². The lowest BCUT2D eigenvalue weighted by Gasteiger charge is -2.23. The Morgan fingerprint density at radius 3 is 2.42 bits per heavy atom. The lowest BCUT2D eigenvalue weighted by molar-refractivity contribution is -0.119. The van der Waals surface area contributed by atoms with Crippen LogP contribution in [0, 0.1) is 11.8 Å². The van der Waals surface area contributed by atoms with Crippen LogP contribution in [-0.2, 0) is 10.2 Å². The fraction of sp³-hybridized carbons (Fsp3) is 0.562. The molecule has 1 aromatic carbocycles.